The molecule has 3 unspecified atom stereocenters. The molecule has 0 saturated heterocycles. The lowest BCUT2D eigenvalue weighted by molar-refractivity contribution is -0.122. The number of hydrogen-bond acceptors (Lipinski definition) is 3. The van der Waals surface area contributed by atoms with Crippen molar-refractivity contribution >= 4 is 5.91 Å². The molecule has 16 heavy (non-hydrogen) atoms. The molecule has 92 valence electrons. The van der Waals surface area contributed by atoms with Crippen molar-refractivity contribution in [3.05, 3.63) is 12.7 Å². The highest BCUT2D eigenvalue weighted by Crippen LogP contribution is 2.21. The molecule has 4 heteroatoms. The van der Waals surface area contributed by atoms with Crippen molar-refractivity contribution in [3.63, 3.8) is 0 Å². The van der Waals surface area contributed by atoms with Gasteiger partial charge in [0, 0.05) is 19.7 Å². The predicted octanol–water partition coefficient (Wildman–Crippen LogP) is 0.834. The van der Waals surface area contributed by atoms with Crippen molar-refractivity contribution in [3.8, 4) is 0 Å². The van der Waals surface area contributed by atoms with Crippen molar-refractivity contribution in [1.82, 2.24) is 10.6 Å². The number of ether oxygens (including phenoxy) is 1. The molecule has 1 saturated carbocycles. The molecule has 1 rings (SSSR count). The zero-order chi connectivity index (χ0) is 12.0. The van der Waals surface area contributed by atoms with Crippen LogP contribution in [0.15, 0.2) is 12.7 Å². The number of hydrogen-bond donors (Lipinski definition) is 2. The van der Waals surface area contributed by atoms with E-state index in [1.54, 1.807) is 13.2 Å². The van der Waals surface area contributed by atoms with Crippen LogP contribution in [0.25, 0.3) is 0 Å². The zero-order valence-electron chi connectivity index (χ0n) is 10.2. The molecule has 1 aliphatic carbocycles. The second-order valence-electron chi connectivity index (χ2n) is 4.23. The lowest BCUT2D eigenvalue weighted by atomic mass is 10.1. The van der Waals surface area contributed by atoms with Crippen LogP contribution in [0.1, 0.15) is 26.2 Å². The molecule has 0 aromatic heterocycles. The van der Waals surface area contributed by atoms with Crippen LogP contribution in [-0.4, -0.2) is 37.7 Å². The number of carbonyl (C=O) groups excluding carboxylic acids is 1. The molecule has 4 nitrogen and oxygen atoms in total. The van der Waals surface area contributed by atoms with E-state index < -0.39 is 0 Å². The monoisotopic (exact) mass is 226 g/mol. The van der Waals surface area contributed by atoms with Crippen LogP contribution in [0.4, 0.5) is 0 Å². The molecule has 2 N–H and O–H groups in total. The lowest BCUT2D eigenvalue weighted by Gasteiger charge is -2.23. The second kappa shape index (κ2) is 6.66. The van der Waals surface area contributed by atoms with Gasteiger partial charge in [0.1, 0.15) is 0 Å². The summed E-state index contributed by atoms with van der Waals surface area (Å²) in [6, 6.07) is 0.121. The molecule has 0 radical (unpaired) electrons. The highest BCUT2D eigenvalue weighted by molar-refractivity contribution is 5.81. The molecular formula is C12H22N2O2. The maximum Gasteiger partial charge on any atom is 0.237 e. The molecule has 0 heterocycles. The maximum atomic E-state index is 11.6. The van der Waals surface area contributed by atoms with Crippen LogP contribution >= 0.6 is 0 Å². The topological polar surface area (TPSA) is 50.4 Å². The average molecular weight is 226 g/mol. The normalized spacial score (nSPS) is 26.4. The summed E-state index contributed by atoms with van der Waals surface area (Å²) in [5, 5.41) is 6.10. The van der Waals surface area contributed by atoms with E-state index in [-0.39, 0.29) is 18.1 Å². The third-order valence-corrected chi connectivity index (χ3v) is 3.03. The molecule has 1 fully saturated rings. The molecule has 0 aromatic carbocycles. The van der Waals surface area contributed by atoms with Gasteiger partial charge in [-0.2, -0.15) is 0 Å². The van der Waals surface area contributed by atoms with Crippen LogP contribution in [-0.2, 0) is 9.53 Å². The highest BCUT2D eigenvalue weighted by atomic mass is 16.5. The largest absolute Gasteiger partial charge is 0.380 e. The quantitative estimate of drug-likeness (QED) is 0.660. The number of carbonyl (C=O) groups is 1. The van der Waals surface area contributed by atoms with Gasteiger partial charge in [0.05, 0.1) is 12.1 Å². The first-order valence-electron chi connectivity index (χ1n) is 5.86. The fraction of sp³-hybridized carbons (Fsp3) is 0.750. The molecule has 1 aliphatic rings. The Morgan fingerprint density at radius 1 is 1.62 bits per heavy atom. The van der Waals surface area contributed by atoms with Gasteiger partial charge in [0.15, 0.2) is 0 Å². The van der Waals surface area contributed by atoms with Crippen molar-refractivity contribution in [2.45, 2.75) is 44.4 Å². The smallest absolute Gasteiger partial charge is 0.237 e. The first-order chi connectivity index (χ1) is 7.69. The highest BCUT2D eigenvalue weighted by Gasteiger charge is 2.29. The van der Waals surface area contributed by atoms with E-state index in [4.69, 9.17) is 4.74 Å². The van der Waals surface area contributed by atoms with E-state index in [0.29, 0.717) is 12.6 Å². The van der Waals surface area contributed by atoms with Gasteiger partial charge in [-0.1, -0.05) is 6.08 Å². The Balaban J connectivity index is 2.34. The zero-order valence-corrected chi connectivity index (χ0v) is 10.2. The Hall–Kier alpha value is -0.870. The summed E-state index contributed by atoms with van der Waals surface area (Å²) in [4.78, 5) is 11.6. The molecule has 1 amide bonds. The summed E-state index contributed by atoms with van der Waals surface area (Å²) >= 11 is 0. The van der Waals surface area contributed by atoms with E-state index in [2.05, 4.69) is 17.2 Å². The summed E-state index contributed by atoms with van der Waals surface area (Å²) in [5.74, 6) is 0.0154. The minimum absolute atomic E-state index is 0.0154. The molecule has 0 spiro atoms. The van der Waals surface area contributed by atoms with E-state index in [9.17, 15) is 4.79 Å². The summed E-state index contributed by atoms with van der Waals surface area (Å²) in [6.07, 6.45) is 5.25. The minimum atomic E-state index is -0.180. The summed E-state index contributed by atoms with van der Waals surface area (Å²) in [5.41, 5.74) is 0. The number of nitrogens with one attached hydrogen (secondary N) is 2. The Kier molecular flexibility index (Phi) is 5.49. The van der Waals surface area contributed by atoms with E-state index in [0.717, 1.165) is 19.3 Å². The molecule has 0 aromatic rings. The molecule has 0 bridgehead atoms. The van der Waals surface area contributed by atoms with Crippen molar-refractivity contribution in [2.24, 2.45) is 0 Å². The van der Waals surface area contributed by atoms with Gasteiger partial charge in [0.25, 0.3) is 0 Å². The van der Waals surface area contributed by atoms with Gasteiger partial charge < -0.3 is 15.4 Å². The minimum Gasteiger partial charge on any atom is -0.380 e. The second-order valence-corrected chi connectivity index (χ2v) is 4.23. The fourth-order valence-corrected chi connectivity index (χ4v) is 2.12. The first kappa shape index (κ1) is 13.2. The van der Waals surface area contributed by atoms with Crippen molar-refractivity contribution in [1.29, 1.82) is 0 Å². The van der Waals surface area contributed by atoms with Gasteiger partial charge in [0.2, 0.25) is 5.91 Å². The molecular weight excluding hydrogens is 204 g/mol. The first-order valence-corrected chi connectivity index (χ1v) is 5.86. The van der Waals surface area contributed by atoms with Gasteiger partial charge in [-0.3, -0.25) is 4.79 Å². The van der Waals surface area contributed by atoms with E-state index in [1.807, 2.05) is 6.92 Å². The molecule has 3 atom stereocenters. The van der Waals surface area contributed by atoms with Crippen LogP contribution in [0.5, 0.6) is 0 Å². The number of methoxy groups -OCH3 is 1. The van der Waals surface area contributed by atoms with E-state index >= 15 is 0 Å². The van der Waals surface area contributed by atoms with Crippen LogP contribution in [0, 0.1) is 0 Å². The maximum absolute atomic E-state index is 11.6. The Morgan fingerprint density at radius 2 is 2.38 bits per heavy atom. The van der Waals surface area contributed by atoms with Crippen molar-refractivity contribution < 1.29 is 9.53 Å². The Morgan fingerprint density at radius 3 is 3.00 bits per heavy atom. The Bertz CT molecular complexity index is 243. The van der Waals surface area contributed by atoms with Crippen molar-refractivity contribution in [2.75, 3.05) is 13.7 Å². The lowest BCUT2D eigenvalue weighted by Crippen LogP contribution is -2.49. The Labute approximate surface area is 97.4 Å². The van der Waals surface area contributed by atoms with Crippen LogP contribution in [0.3, 0.4) is 0 Å². The van der Waals surface area contributed by atoms with Gasteiger partial charge in [-0.05, 0) is 26.2 Å². The number of rotatable bonds is 6. The third kappa shape index (κ3) is 3.61. The fourth-order valence-electron chi connectivity index (χ4n) is 2.12. The molecule has 0 aliphatic heterocycles. The van der Waals surface area contributed by atoms with Crippen LogP contribution < -0.4 is 10.6 Å². The number of amides is 1. The summed E-state index contributed by atoms with van der Waals surface area (Å²) < 4.78 is 5.38. The average Bonchev–Trinajstić information content (AvgIpc) is 2.72. The van der Waals surface area contributed by atoms with Gasteiger partial charge >= 0.3 is 0 Å². The van der Waals surface area contributed by atoms with Gasteiger partial charge in [-0.25, -0.2) is 0 Å². The predicted molar refractivity (Wildman–Crippen MR) is 64.2 cm³/mol. The third-order valence-electron chi connectivity index (χ3n) is 3.03. The standard InChI is InChI=1S/C12H22N2O2/c1-4-8-13-12(15)9(2)14-10-6-5-7-11(10)16-3/h4,9-11,14H,1,5-8H2,2-3H3,(H,13,15). The summed E-state index contributed by atoms with van der Waals surface area (Å²) in [7, 11) is 1.73. The van der Waals surface area contributed by atoms with E-state index in [1.165, 1.54) is 0 Å². The summed E-state index contributed by atoms with van der Waals surface area (Å²) in [6.45, 7) is 5.96. The van der Waals surface area contributed by atoms with Gasteiger partial charge in [-0.15, -0.1) is 6.58 Å². The SMILES string of the molecule is C=CCNC(=O)C(C)NC1CCCC1OC. The van der Waals surface area contributed by atoms with Crippen LogP contribution in [0.2, 0.25) is 0 Å².